The lowest BCUT2D eigenvalue weighted by atomic mass is 9.95. The van der Waals surface area contributed by atoms with Crippen molar-refractivity contribution in [3.05, 3.63) is 85.4 Å². The van der Waals surface area contributed by atoms with E-state index in [1.807, 2.05) is 23.7 Å². The number of aromatic nitrogens is 5. The first-order valence-electron chi connectivity index (χ1n) is 14.0. The maximum Gasteiger partial charge on any atom is 0.269 e. The molecule has 0 bridgehead atoms. The Kier molecular flexibility index (Phi) is 7.05. The number of hydrogen-bond acceptors (Lipinski definition) is 8. The molecule has 11 heteroatoms. The number of pyridine rings is 1. The Morgan fingerprint density at radius 1 is 0.975 bits per heavy atom. The zero-order chi connectivity index (χ0) is 27.8. The largest absolute Gasteiger partial charge is 0.369 e. The van der Waals surface area contributed by atoms with E-state index in [1.165, 1.54) is 12.0 Å². The molecular formula is C29H34N8O3. The van der Waals surface area contributed by atoms with Gasteiger partial charge in [-0.05, 0) is 84.0 Å². The first-order valence-corrected chi connectivity index (χ1v) is 14.0. The Hall–Kier alpha value is -4.12. The van der Waals surface area contributed by atoms with Crippen LogP contribution in [0.15, 0.2) is 47.3 Å². The second-order valence-corrected chi connectivity index (χ2v) is 11.1. The van der Waals surface area contributed by atoms with E-state index in [-0.39, 0.29) is 22.2 Å². The van der Waals surface area contributed by atoms with Crippen LogP contribution in [0.25, 0.3) is 10.9 Å². The Morgan fingerprint density at radius 2 is 1.68 bits per heavy atom. The van der Waals surface area contributed by atoms with Gasteiger partial charge < -0.3 is 9.88 Å². The van der Waals surface area contributed by atoms with Gasteiger partial charge in [-0.2, -0.15) is 0 Å². The number of nitro groups is 1. The average molecular weight is 543 g/mol. The number of non-ortho nitro benzene ring substituents is 1. The van der Waals surface area contributed by atoms with Crippen LogP contribution in [0.5, 0.6) is 0 Å². The molecule has 0 spiro atoms. The van der Waals surface area contributed by atoms with Gasteiger partial charge in [-0.25, -0.2) is 4.68 Å². The zero-order valence-corrected chi connectivity index (χ0v) is 22.9. The monoisotopic (exact) mass is 542 g/mol. The summed E-state index contributed by atoms with van der Waals surface area (Å²) in [5, 5.41) is 25.1. The highest BCUT2D eigenvalue weighted by molar-refractivity contribution is 5.81. The summed E-state index contributed by atoms with van der Waals surface area (Å²) in [4.78, 5) is 32.0. The summed E-state index contributed by atoms with van der Waals surface area (Å²) in [5.74, 6) is 0.712. The number of nitrogens with one attached hydrogen (secondary N) is 1. The number of aromatic amines is 1. The van der Waals surface area contributed by atoms with E-state index in [4.69, 9.17) is 0 Å². The maximum absolute atomic E-state index is 13.6. The molecule has 3 heterocycles. The molecule has 1 atom stereocenters. The fraction of sp³-hybridized carbons (Fsp3) is 0.448. The van der Waals surface area contributed by atoms with Crippen molar-refractivity contribution < 1.29 is 4.92 Å². The number of nitrogens with zero attached hydrogens (tertiary/aromatic N) is 7. The molecule has 11 nitrogen and oxygen atoms in total. The van der Waals surface area contributed by atoms with Gasteiger partial charge in [0.1, 0.15) is 6.04 Å². The summed E-state index contributed by atoms with van der Waals surface area (Å²) in [6.07, 6.45) is 5.59. The van der Waals surface area contributed by atoms with E-state index >= 15 is 0 Å². The number of piperazine rings is 1. The van der Waals surface area contributed by atoms with E-state index in [9.17, 15) is 14.9 Å². The Balaban J connectivity index is 1.36. The van der Waals surface area contributed by atoms with Crippen molar-refractivity contribution in [3.63, 3.8) is 0 Å². The lowest BCUT2D eigenvalue weighted by Gasteiger charge is -2.40. The number of tetrazole rings is 1. The number of rotatable bonds is 6. The van der Waals surface area contributed by atoms with E-state index in [1.54, 1.807) is 24.3 Å². The highest BCUT2D eigenvalue weighted by Gasteiger charge is 2.34. The molecule has 0 amide bonds. The van der Waals surface area contributed by atoms with E-state index in [0.717, 1.165) is 47.8 Å². The Bertz CT molecular complexity index is 1580. The number of benzene rings is 2. The minimum atomic E-state index is -0.398. The minimum Gasteiger partial charge on any atom is -0.369 e. The summed E-state index contributed by atoms with van der Waals surface area (Å²) >= 11 is 0. The summed E-state index contributed by atoms with van der Waals surface area (Å²) in [6, 6.07) is 12.7. The molecule has 1 N–H and O–H groups in total. The van der Waals surface area contributed by atoms with E-state index in [2.05, 4.69) is 43.3 Å². The molecular weight excluding hydrogens is 508 g/mol. The summed E-state index contributed by atoms with van der Waals surface area (Å²) in [6.45, 7) is 6.92. The van der Waals surface area contributed by atoms with Gasteiger partial charge in [-0.15, -0.1) is 5.10 Å². The van der Waals surface area contributed by atoms with Gasteiger partial charge in [0, 0.05) is 55.1 Å². The fourth-order valence-electron chi connectivity index (χ4n) is 6.19. The van der Waals surface area contributed by atoms with Crippen molar-refractivity contribution in [3.8, 4) is 0 Å². The number of fused-ring (bicyclic) bond motifs is 1. The molecule has 1 saturated carbocycles. The highest BCUT2D eigenvalue weighted by atomic mass is 16.6. The number of nitro benzene ring substituents is 1. The van der Waals surface area contributed by atoms with Gasteiger partial charge in [0.2, 0.25) is 0 Å². The normalized spacial score (nSPS) is 17.8. The smallest absolute Gasteiger partial charge is 0.269 e. The van der Waals surface area contributed by atoms with Crippen molar-refractivity contribution in [2.45, 2.75) is 58.0 Å². The Morgan fingerprint density at radius 3 is 2.38 bits per heavy atom. The molecule has 1 aliphatic carbocycles. The van der Waals surface area contributed by atoms with Crippen LogP contribution in [-0.4, -0.2) is 61.2 Å². The predicted octanol–water partition coefficient (Wildman–Crippen LogP) is 4.46. The number of hydrogen-bond donors (Lipinski definition) is 1. The van der Waals surface area contributed by atoms with Gasteiger partial charge in [0.25, 0.3) is 11.2 Å². The molecule has 208 valence electrons. The van der Waals surface area contributed by atoms with Gasteiger partial charge in [-0.1, -0.05) is 19.3 Å². The number of H-pyrrole nitrogens is 1. The highest BCUT2D eigenvalue weighted by Crippen LogP contribution is 2.34. The first kappa shape index (κ1) is 26.1. The topological polar surface area (TPSA) is 126 Å². The van der Waals surface area contributed by atoms with Crippen molar-refractivity contribution >= 4 is 22.3 Å². The predicted molar refractivity (Wildman–Crippen MR) is 153 cm³/mol. The van der Waals surface area contributed by atoms with Crippen molar-refractivity contribution in [2.24, 2.45) is 0 Å². The third-order valence-corrected chi connectivity index (χ3v) is 8.57. The van der Waals surface area contributed by atoms with Gasteiger partial charge >= 0.3 is 0 Å². The number of anilines is 1. The van der Waals surface area contributed by atoms with E-state index < -0.39 is 6.04 Å². The first-order chi connectivity index (χ1) is 19.4. The fourth-order valence-corrected chi connectivity index (χ4v) is 6.19. The maximum atomic E-state index is 13.6. The summed E-state index contributed by atoms with van der Waals surface area (Å²) in [7, 11) is 0. The van der Waals surface area contributed by atoms with Crippen molar-refractivity contribution in [1.29, 1.82) is 0 Å². The van der Waals surface area contributed by atoms with Gasteiger partial charge in [-0.3, -0.25) is 19.8 Å². The molecule has 1 aliphatic heterocycles. The molecule has 0 unspecified atom stereocenters. The second kappa shape index (κ2) is 10.8. The van der Waals surface area contributed by atoms with Crippen LogP contribution in [0, 0.1) is 24.0 Å². The lowest BCUT2D eigenvalue weighted by Crippen LogP contribution is -2.49. The minimum absolute atomic E-state index is 0.0814. The number of aryl methyl sites for hydroxylation is 2. The molecule has 2 fully saturated rings. The van der Waals surface area contributed by atoms with Crippen LogP contribution in [0.4, 0.5) is 11.4 Å². The molecule has 1 saturated heterocycles. The molecule has 0 radical (unpaired) electrons. The van der Waals surface area contributed by atoms with Crippen molar-refractivity contribution in [2.75, 3.05) is 31.1 Å². The van der Waals surface area contributed by atoms with Crippen LogP contribution in [-0.2, 0) is 0 Å². The second-order valence-electron chi connectivity index (χ2n) is 11.1. The van der Waals surface area contributed by atoms with Crippen LogP contribution in [0.3, 0.4) is 0 Å². The average Bonchev–Trinajstić information content (AvgIpc) is 3.45. The third kappa shape index (κ3) is 4.97. The van der Waals surface area contributed by atoms with Gasteiger partial charge in [0.05, 0.1) is 11.0 Å². The molecule has 40 heavy (non-hydrogen) atoms. The molecule has 2 aromatic heterocycles. The third-order valence-electron chi connectivity index (χ3n) is 8.57. The van der Waals surface area contributed by atoms with Crippen molar-refractivity contribution in [1.82, 2.24) is 30.1 Å². The zero-order valence-electron chi connectivity index (χ0n) is 22.9. The Labute approximate surface area is 231 Å². The SMILES string of the molecule is Cc1cc2cc([C@H](c3nnnn3C3CCCCC3)N3CCN(c4ccc([N+](=O)[O-])cc4)CC3)c(=O)[nH]c2cc1C. The van der Waals surface area contributed by atoms with Crippen LogP contribution in [0.2, 0.25) is 0 Å². The lowest BCUT2D eigenvalue weighted by molar-refractivity contribution is -0.384. The quantitative estimate of drug-likeness (QED) is 0.280. The molecule has 2 aliphatic rings. The summed E-state index contributed by atoms with van der Waals surface area (Å²) < 4.78 is 1.97. The van der Waals surface area contributed by atoms with Crippen LogP contribution in [0.1, 0.15) is 66.7 Å². The summed E-state index contributed by atoms with van der Waals surface area (Å²) in [5.41, 5.74) is 4.68. The van der Waals surface area contributed by atoms with Crippen LogP contribution < -0.4 is 10.5 Å². The molecule has 4 aromatic rings. The molecule has 2 aromatic carbocycles. The van der Waals surface area contributed by atoms with Gasteiger partial charge in [0.15, 0.2) is 5.82 Å². The van der Waals surface area contributed by atoms with E-state index in [0.29, 0.717) is 37.6 Å². The standard InChI is InChI=1S/C29H34N8O3/c1-19-16-21-18-25(29(38)30-26(21)17-20(19)2)27(28-31-32-33-36(28)23-6-4-3-5-7-23)35-14-12-34(13-15-35)22-8-10-24(11-9-22)37(39)40/h8-11,16-18,23,27H,3-7,12-15H2,1-2H3,(H,30,38)/t27-/m1/s1. The molecule has 6 rings (SSSR count). The van der Waals surface area contributed by atoms with Crippen LogP contribution >= 0.6 is 0 Å².